The maximum Gasteiger partial charge on any atom is 0.416 e. The molecule has 40 heavy (non-hydrogen) atoms. The standard InChI is InChI=1S/C29H34F4N2O4S/c1-28(2,3)34-24-12-10-19(40(4,38)39)15-22(24)27(37)35-13-5-6-25(35)26(36)16-21(17-7-8-17)20-11-9-18(14-23(20)30)29(31,32)33/h9-12,14-15,17,21,25,34H,5-8,13,16H2,1-4H3/t21-,25-/m1/s1. The lowest BCUT2D eigenvalue weighted by atomic mass is 9.86. The van der Waals surface area contributed by atoms with Crippen molar-refractivity contribution in [3.05, 3.63) is 58.9 Å². The van der Waals surface area contributed by atoms with Crippen LogP contribution < -0.4 is 5.32 Å². The zero-order chi connectivity index (χ0) is 29.6. The SMILES string of the molecule is CC(C)(C)Nc1ccc(S(C)(=O)=O)cc1C(=O)N1CCC[C@@H]1C(=O)C[C@@H](c1ccc(C(F)(F)F)cc1F)C1CC1. The van der Waals surface area contributed by atoms with E-state index < -0.39 is 50.8 Å². The highest BCUT2D eigenvalue weighted by Crippen LogP contribution is 2.46. The van der Waals surface area contributed by atoms with Crippen LogP contribution in [-0.2, 0) is 20.8 Å². The number of halogens is 4. The minimum atomic E-state index is -4.68. The third-order valence-corrected chi connectivity index (χ3v) is 8.49. The molecule has 1 N–H and O–H groups in total. The van der Waals surface area contributed by atoms with Gasteiger partial charge in [0, 0.05) is 30.4 Å². The summed E-state index contributed by atoms with van der Waals surface area (Å²) >= 11 is 0. The largest absolute Gasteiger partial charge is 0.416 e. The Kier molecular flexibility index (Phi) is 8.10. The molecule has 0 unspecified atom stereocenters. The van der Waals surface area contributed by atoms with Gasteiger partial charge >= 0.3 is 6.18 Å². The molecule has 6 nitrogen and oxygen atoms in total. The number of hydrogen-bond acceptors (Lipinski definition) is 5. The van der Waals surface area contributed by atoms with Gasteiger partial charge in [0.05, 0.1) is 22.1 Å². The second-order valence-corrected chi connectivity index (χ2v) is 13.9. The molecule has 2 aromatic carbocycles. The molecule has 1 aliphatic carbocycles. The number of Topliss-reactive ketones (excluding diaryl/α,β-unsaturated/α-hetero) is 1. The van der Waals surface area contributed by atoms with Gasteiger partial charge in [0.2, 0.25) is 0 Å². The number of nitrogens with zero attached hydrogens (tertiary/aromatic N) is 1. The van der Waals surface area contributed by atoms with Crippen LogP contribution in [0.3, 0.4) is 0 Å². The number of nitrogens with one attached hydrogen (secondary N) is 1. The van der Waals surface area contributed by atoms with Crippen LogP contribution in [0.2, 0.25) is 0 Å². The Morgan fingerprint density at radius 2 is 1.73 bits per heavy atom. The number of carbonyl (C=O) groups excluding carboxylic acids is 2. The number of rotatable bonds is 8. The molecule has 2 fully saturated rings. The number of likely N-dealkylation sites (tertiary alicyclic amines) is 1. The fraction of sp³-hybridized carbons (Fsp3) is 0.517. The lowest BCUT2D eigenvalue weighted by Crippen LogP contribution is -2.41. The zero-order valence-corrected chi connectivity index (χ0v) is 23.8. The summed E-state index contributed by atoms with van der Waals surface area (Å²) in [4.78, 5) is 28.8. The van der Waals surface area contributed by atoms with Crippen LogP contribution >= 0.6 is 0 Å². The highest BCUT2D eigenvalue weighted by Gasteiger charge is 2.41. The summed E-state index contributed by atoms with van der Waals surface area (Å²) < 4.78 is 78.5. The van der Waals surface area contributed by atoms with Crippen LogP contribution in [0.15, 0.2) is 41.3 Å². The Bertz CT molecular complexity index is 1410. The van der Waals surface area contributed by atoms with Crippen molar-refractivity contribution < 1.29 is 35.6 Å². The number of hydrogen-bond donors (Lipinski definition) is 1. The van der Waals surface area contributed by atoms with Gasteiger partial charge in [0.25, 0.3) is 5.91 Å². The van der Waals surface area contributed by atoms with E-state index in [2.05, 4.69) is 5.32 Å². The van der Waals surface area contributed by atoms with E-state index in [9.17, 15) is 35.6 Å². The van der Waals surface area contributed by atoms with E-state index in [4.69, 9.17) is 0 Å². The average Bonchev–Trinajstić information content (AvgIpc) is 3.55. The molecule has 2 atom stereocenters. The molecule has 4 rings (SSSR count). The highest BCUT2D eigenvalue weighted by atomic mass is 32.2. The number of amides is 1. The highest BCUT2D eigenvalue weighted by molar-refractivity contribution is 7.90. The summed E-state index contributed by atoms with van der Waals surface area (Å²) in [6.45, 7) is 5.97. The Labute approximate surface area is 232 Å². The van der Waals surface area contributed by atoms with Crippen molar-refractivity contribution in [2.24, 2.45) is 5.92 Å². The Morgan fingerprint density at radius 1 is 1.05 bits per heavy atom. The second kappa shape index (κ2) is 10.8. The van der Waals surface area contributed by atoms with Crippen molar-refractivity contribution in [2.45, 2.75) is 81.4 Å². The summed E-state index contributed by atoms with van der Waals surface area (Å²) in [6, 6.07) is 5.91. The van der Waals surface area contributed by atoms with E-state index in [0.717, 1.165) is 31.2 Å². The van der Waals surface area contributed by atoms with Crippen molar-refractivity contribution in [3.63, 3.8) is 0 Å². The monoisotopic (exact) mass is 582 g/mol. The van der Waals surface area contributed by atoms with Gasteiger partial charge in [-0.1, -0.05) is 6.07 Å². The predicted octanol–water partition coefficient (Wildman–Crippen LogP) is 6.22. The minimum absolute atomic E-state index is 0.0187. The first-order valence-electron chi connectivity index (χ1n) is 13.3. The van der Waals surface area contributed by atoms with Crippen molar-refractivity contribution >= 4 is 27.2 Å². The maximum absolute atomic E-state index is 14.9. The Hall–Kier alpha value is -2.95. The van der Waals surface area contributed by atoms with E-state index >= 15 is 0 Å². The molecular weight excluding hydrogens is 548 g/mol. The zero-order valence-electron chi connectivity index (χ0n) is 22.9. The summed E-state index contributed by atoms with van der Waals surface area (Å²) in [6.07, 6.45) is -1.29. The molecule has 1 amide bonds. The third-order valence-electron chi connectivity index (χ3n) is 7.38. The minimum Gasteiger partial charge on any atom is -0.380 e. The molecule has 2 aliphatic rings. The van der Waals surface area contributed by atoms with Gasteiger partial charge in [-0.05, 0) is 94.2 Å². The summed E-state index contributed by atoms with van der Waals surface area (Å²) in [5.74, 6) is -2.37. The van der Waals surface area contributed by atoms with Crippen molar-refractivity contribution in [3.8, 4) is 0 Å². The molecule has 0 aromatic heterocycles. The number of carbonyl (C=O) groups is 2. The molecule has 2 aromatic rings. The van der Waals surface area contributed by atoms with Crippen LogP contribution in [0.25, 0.3) is 0 Å². The van der Waals surface area contributed by atoms with Crippen molar-refractivity contribution in [2.75, 3.05) is 18.1 Å². The van der Waals surface area contributed by atoms with Gasteiger partial charge < -0.3 is 10.2 Å². The van der Waals surface area contributed by atoms with Crippen LogP contribution in [0.4, 0.5) is 23.2 Å². The molecule has 1 aliphatic heterocycles. The third kappa shape index (κ3) is 6.85. The number of benzene rings is 2. The van der Waals surface area contributed by atoms with E-state index in [-0.39, 0.29) is 40.7 Å². The van der Waals surface area contributed by atoms with Gasteiger partial charge in [-0.25, -0.2) is 12.8 Å². The lowest BCUT2D eigenvalue weighted by Gasteiger charge is -2.29. The van der Waals surface area contributed by atoms with E-state index in [0.29, 0.717) is 24.6 Å². The Morgan fingerprint density at radius 3 is 2.27 bits per heavy atom. The first-order chi connectivity index (χ1) is 18.5. The lowest BCUT2D eigenvalue weighted by molar-refractivity contribution is -0.137. The van der Waals surface area contributed by atoms with Gasteiger partial charge in [0.1, 0.15) is 5.82 Å². The van der Waals surface area contributed by atoms with Gasteiger partial charge in [-0.15, -0.1) is 0 Å². The number of ketones is 1. The van der Waals surface area contributed by atoms with Gasteiger partial charge in [-0.3, -0.25) is 9.59 Å². The maximum atomic E-state index is 14.9. The van der Waals surface area contributed by atoms with E-state index in [1.165, 1.54) is 23.1 Å². The second-order valence-electron chi connectivity index (χ2n) is 11.9. The average molecular weight is 583 g/mol. The predicted molar refractivity (Wildman–Crippen MR) is 143 cm³/mol. The number of alkyl halides is 3. The fourth-order valence-electron chi connectivity index (χ4n) is 5.33. The molecule has 0 spiro atoms. The fourth-order valence-corrected chi connectivity index (χ4v) is 5.98. The van der Waals surface area contributed by atoms with Gasteiger partial charge in [-0.2, -0.15) is 13.2 Å². The molecule has 11 heteroatoms. The molecule has 0 radical (unpaired) electrons. The van der Waals surface area contributed by atoms with Crippen LogP contribution in [0.1, 0.15) is 80.3 Å². The first kappa shape index (κ1) is 30.0. The van der Waals surface area contributed by atoms with Crippen LogP contribution in [-0.4, -0.2) is 49.4 Å². The quantitative estimate of drug-likeness (QED) is 0.374. The van der Waals surface area contributed by atoms with Crippen LogP contribution in [0.5, 0.6) is 0 Å². The summed E-state index contributed by atoms with van der Waals surface area (Å²) in [7, 11) is -3.61. The number of anilines is 1. The van der Waals surface area contributed by atoms with Gasteiger partial charge in [0.15, 0.2) is 15.6 Å². The van der Waals surface area contributed by atoms with E-state index in [1.807, 2.05) is 20.8 Å². The molecule has 0 bridgehead atoms. The van der Waals surface area contributed by atoms with Crippen molar-refractivity contribution in [1.82, 2.24) is 4.90 Å². The smallest absolute Gasteiger partial charge is 0.380 e. The molecule has 218 valence electrons. The molecule has 1 saturated heterocycles. The van der Waals surface area contributed by atoms with E-state index in [1.54, 1.807) is 0 Å². The molecule has 1 saturated carbocycles. The summed E-state index contributed by atoms with van der Waals surface area (Å²) in [5.41, 5.74) is -0.878. The molecule has 1 heterocycles. The topological polar surface area (TPSA) is 83.6 Å². The number of sulfone groups is 1. The van der Waals surface area contributed by atoms with Crippen LogP contribution in [0, 0.1) is 11.7 Å². The summed E-state index contributed by atoms with van der Waals surface area (Å²) in [5, 5.41) is 3.23. The first-order valence-corrected chi connectivity index (χ1v) is 15.2. The Balaban J connectivity index is 1.61. The van der Waals surface area contributed by atoms with Crippen molar-refractivity contribution in [1.29, 1.82) is 0 Å². The normalized spacial score (nSPS) is 19.0. The molecular formula is C29H34F4N2O4S.